The molecule has 0 spiro atoms. The molecule has 2 atom stereocenters. The number of aliphatic hydroxyl groups excluding tert-OH is 1. The van der Waals surface area contributed by atoms with Crippen molar-refractivity contribution in [2.75, 3.05) is 0 Å². The molecule has 1 rings (SSSR count). The Morgan fingerprint density at radius 3 is 2.74 bits per heavy atom. The van der Waals surface area contributed by atoms with Crippen molar-refractivity contribution in [1.29, 1.82) is 0 Å². The van der Waals surface area contributed by atoms with E-state index in [1.807, 2.05) is 49.4 Å². The van der Waals surface area contributed by atoms with E-state index in [2.05, 4.69) is 10.7 Å². The Morgan fingerprint density at radius 2 is 2.11 bits per heavy atom. The van der Waals surface area contributed by atoms with Gasteiger partial charge in [0.15, 0.2) is 0 Å². The average Bonchev–Trinajstić information content (AvgIpc) is 2.45. The molecule has 0 radical (unpaired) electrons. The number of hydrogen-bond donors (Lipinski definition) is 2. The van der Waals surface area contributed by atoms with Crippen LogP contribution in [0.4, 0.5) is 0 Å². The Balaban J connectivity index is 2.44. The predicted molar refractivity (Wildman–Crippen MR) is 74.7 cm³/mol. The van der Waals surface area contributed by atoms with Crippen LogP contribution in [-0.2, 0) is 9.63 Å². The maximum absolute atomic E-state index is 10.7. The number of carbonyl (C=O) groups excluding carboxylic acids is 1. The summed E-state index contributed by atoms with van der Waals surface area (Å²) in [6.45, 7) is 1.92. The fourth-order valence-corrected chi connectivity index (χ4v) is 1.51. The first-order valence-corrected chi connectivity index (χ1v) is 6.12. The van der Waals surface area contributed by atoms with Crippen LogP contribution in [0, 0.1) is 5.92 Å². The summed E-state index contributed by atoms with van der Waals surface area (Å²) in [6.07, 6.45) is 6.47. The summed E-state index contributed by atoms with van der Waals surface area (Å²) in [7, 11) is 0. The van der Waals surface area contributed by atoms with Crippen LogP contribution in [0.3, 0.4) is 0 Å². The number of hydrogen-bond acceptors (Lipinski definition) is 4. The second kappa shape index (κ2) is 8.24. The van der Waals surface area contributed by atoms with Crippen LogP contribution in [-0.4, -0.2) is 17.2 Å². The lowest BCUT2D eigenvalue weighted by Crippen LogP contribution is -2.14. The molecule has 0 saturated heterocycles. The molecule has 0 aliphatic carbocycles. The molecule has 0 aromatic heterocycles. The van der Waals surface area contributed by atoms with E-state index in [1.54, 1.807) is 6.08 Å². The molecule has 0 bridgehead atoms. The first kappa shape index (κ1) is 15.1. The van der Waals surface area contributed by atoms with Crippen LogP contribution in [0.25, 0.3) is 6.08 Å². The van der Waals surface area contributed by atoms with Crippen molar-refractivity contribution in [3.8, 4) is 0 Å². The van der Waals surface area contributed by atoms with Crippen LogP contribution in [0.5, 0.6) is 0 Å². The molecule has 19 heavy (non-hydrogen) atoms. The SMILES string of the molecule is C[C@H](/C=C/c1ccccc1)[C@@H](O)C/C=C/C(=O)ON. The normalized spacial score (nSPS) is 14.7. The molecule has 0 aliphatic heterocycles. The summed E-state index contributed by atoms with van der Waals surface area (Å²) in [5.74, 6) is 4.05. The molecule has 0 heterocycles. The van der Waals surface area contributed by atoms with Crippen LogP contribution in [0.1, 0.15) is 18.9 Å². The zero-order valence-corrected chi connectivity index (χ0v) is 10.9. The van der Waals surface area contributed by atoms with Gasteiger partial charge in [0, 0.05) is 12.0 Å². The summed E-state index contributed by atoms with van der Waals surface area (Å²) in [6, 6.07) is 9.86. The average molecular weight is 261 g/mol. The van der Waals surface area contributed by atoms with E-state index in [9.17, 15) is 9.90 Å². The van der Waals surface area contributed by atoms with Gasteiger partial charge in [-0.25, -0.2) is 4.79 Å². The van der Waals surface area contributed by atoms with Gasteiger partial charge >= 0.3 is 5.97 Å². The molecular formula is C15H19NO3. The minimum atomic E-state index is -0.625. The van der Waals surface area contributed by atoms with Gasteiger partial charge < -0.3 is 9.94 Å². The summed E-state index contributed by atoms with van der Waals surface area (Å²) in [5, 5.41) is 9.90. The van der Waals surface area contributed by atoms with Gasteiger partial charge in [0.1, 0.15) is 0 Å². The molecule has 1 aromatic carbocycles. The molecule has 0 saturated carbocycles. The van der Waals surface area contributed by atoms with Gasteiger partial charge in [-0.3, -0.25) is 0 Å². The van der Waals surface area contributed by atoms with E-state index in [4.69, 9.17) is 0 Å². The van der Waals surface area contributed by atoms with Crippen molar-refractivity contribution in [3.63, 3.8) is 0 Å². The minimum Gasteiger partial charge on any atom is -0.392 e. The van der Waals surface area contributed by atoms with Crippen LogP contribution in [0.15, 0.2) is 48.6 Å². The molecule has 4 heteroatoms. The Kier molecular flexibility index (Phi) is 6.57. The van der Waals surface area contributed by atoms with Crippen LogP contribution in [0.2, 0.25) is 0 Å². The Labute approximate surface area is 113 Å². The van der Waals surface area contributed by atoms with E-state index in [1.165, 1.54) is 6.08 Å². The summed E-state index contributed by atoms with van der Waals surface area (Å²) >= 11 is 0. The quantitative estimate of drug-likeness (QED) is 0.607. The van der Waals surface area contributed by atoms with E-state index in [0.717, 1.165) is 5.56 Å². The molecule has 4 nitrogen and oxygen atoms in total. The first-order chi connectivity index (χ1) is 9.13. The molecule has 0 aliphatic rings. The summed E-state index contributed by atoms with van der Waals surface area (Å²) in [5.41, 5.74) is 1.09. The van der Waals surface area contributed by atoms with E-state index >= 15 is 0 Å². The van der Waals surface area contributed by atoms with E-state index in [-0.39, 0.29) is 5.92 Å². The highest BCUT2D eigenvalue weighted by Crippen LogP contribution is 2.12. The first-order valence-electron chi connectivity index (χ1n) is 6.12. The predicted octanol–water partition coefficient (Wildman–Crippen LogP) is 2.06. The van der Waals surface area contributed by atoms with Crippen LogP contribution < -0.4 is 5.90 Å². The number of benzene rings is 1. The second-order valence-electron chi connectivity index (χ2n) is 4.27. The number of nitrogens with two attached hydrogens (primary N) is 1. The molecule has 0 amide bonds. The number of rotatable bonds is 6. The monoisotopic (exact) mass is 261 g/mol. The van der Waals surface area contributed by atoms with Crippen molar-refractivity contribution in [2.45, 2.75) is 19.4 Å². The summed E-state index contributed by atoms with van der Waals surface area (Å²) < 4.78 is 0. The Bertz CT molecular complexity index is 440. The molecular weight excluding hydrogens is 242 g/mol. The standard InChI is InChI=1S/C15H19NO3/c1-12(10-11-13-6-3-2-4-7-13)14(17)8-5-9-15(18)19-16/h2-7,9-12,14,17H,8,16H2,1H3/b9-5+,11-10+/t12-,14+/m1/s1. The molecule has 102 valence electrons. The third-order valence-corrected chi connectivity index (χ3v) is 2.75. The lowest BCUT2D eigenvalue weighted by molar-refractivity contribution is -0.138. The zero-order chi connectivity index (χ0) is 14.1. The van der Waals surface area contributed by atoms with E-state index < -0.39 is 12.1 Å². The number of aliphatic hydroxyl groups is 1. The van der Waals surface area contributed by atoms with Crippen molar-refractivity contribution in [2.24, 2.45) is 11.8 Å². The highest BCUT2D eigenvalue weighted by atomic mass is 16.7. The van der Waals surface area contributed by atoms with Crippen molar-refractivity contribution in [3.05, 3.63) is 54.1 Å². The number of carbonyl (C=O) groups is 1. The van der Waals surface area contributed by atoms with Crippen molar-refractivity contribution in [1.82, 2.24) is 0 Å². The van der Waals surface area contributed by atoms with Gasteiger partial charge in [0.25, 0.3) is 0 Å². The Hall–Kier alpha value is -1.91. The van der Waals surface area contributed by atoms with Gasteiger partial charge in [-0.1, -0.05) is 55.5 Å². The van der Waals surface area contributed by atoms with E-state index in [0.29, 0.717) is 6.42 Å². The lowest BCUT2D eigenvalue weighted by Gasteiger charge is -2.13. The van der Waals surface area contributed by atoms with Gasteiger partial charge in [-0.15, -0.1) is 0 Å². The second-order valence-corrected chi connectivity index (χ2v) is 4.27. The third kappa shape index (κ3) is 5.99. The van der Waals surface area contributed by atoms with Gasteiger partial charge in [0.2, 0.25) is 0 Å². The maximum atomic E-state index is 10.7. The van der Waals surface area contributed by atoms with Crippen molar-refractivity contribution < 1.29 is 14.7 Å². The zero-order valence-electron chi connectivity index (χ0n) is 10.9. The maximum Gasteiger partial charge on any atom is 0.348 e. The van der Waals surface area contributed by atoms with Gasteiger partial charge in [-0.2, -0.15) is 5.90 Å². The highest BCUT2D eigenvalue weighted by Gasteiger charge is 2.09. The topological polar surface area (TPSA) is 72.5 Å². The minimum absolute atomic E-state index is 0.0150. The largest absolute Gasteiger partial charge is 0.392 e. The van der Waals surface area contributed by atoms with Crippen molar-refractivity contribution >= 4 is 12.0 Å². The molecule has 0 fully saturated rings. The summed E-state index contributed by atoms with van der Waals surface area (Å²) in [4.78, 5) is 14.7. The Morgan fingerprint density at radius 1 is 1.42 bits per heavy atom. The van der Waals surface area contributed by atoms with Gasteiger partial charge in [-0.05, 0) is 12.0 Å². The van der Waals surface area contributed by atoms with Gasteiger partial charge in [0.05, 0.1) is 6.10 Å². The fourth-order valence-electron chi connectivity index (χ4n) is 1.51. The fraction of sp³-hybridized carbons (Fsp3) is 0.267. The lowest BCUT2D eigenvalue weighted by atomic mass is 10.00. The highest BCUT2D eigenvalue weighted by molar-refractivity contribution is 5.81. The molecule has 1 aromatic rings. The third-order valence-electron chi connectivity index (χ3n) is 2.75. The smallest absolute Gasteiger partial charge is 0.348 e. The molecule has 3 N–H and O–H groups in total. The molecule has 0 unspecified atom stereocenters. The van der Waals surface area contributed by atoms with Crippen LogP contribution >= 0.6 is 0 Å².